The molecular formula is C16H22N3O3S+. The second-order valence-corrected chi connectivity index (χ2v) is 6.50. The molecule has 2 atom stereocenters. The predicted molar refractivity (Wildman–Crippen MR) is 88.8 cm³/mol. The lowest BCUT2D eigenvalue weighted by atomic mass is 10.1. The van der Waals surface area contributed by atoms with Crippen molar-refractivity contribution in [2.75, 3.05) is 18.8 Å². The van der Waals surface area contributed by atoms with Gasteiger partial charge in [0.25, 0.3) is 11.1 Å². The lowest BCUT2D eigenvalue weighted by Crippen LogP contribution is -2.92. The van der Waals surface area contributed by atoms with E-state index in [9.17, 15) is 14.4 Å². The summed E-state index contributed by atoms with van der Waals surface area (Å²) in [7, 11) is 0. The zero-order chi connectivity index (χ0) is 16.8. The van der Waals surface area contributed by atoms with Gasteiger partial charge in [-0.25, -0.2) is 0 Å². The van der Waals surface area contributed by atoms with E-state index in [4.69, 9.17) is 0 Å². The molecule has 1 aliphatic rings. The van der Waals surface area contributed by atoms with Gasteiger partial charge in [-0.2, -0.15) is 0 Å². The monoisotopic (exact) mass is 336 g/mol. The normalized spacial score (nSPS) is 17.2. The van der Waals surface area contributed by atoms with Crippen LogP contribution in [0.25, 0.3) is 0 Å². The summed E-state index contributed by atoms with van der Waals surface area (Å²) in [6, 6.07) is 9.92. The highest BCUT2D eigenvalue weighted by Gasteiger charge is 2.29. The number of thioether (sulfide) groups is 1. The van der Waals surface area contributed by atoms with E-state index in [-0.39, 0.29) is 48.0 Å². The zero-order valence-electron chi connectivity index (χ0n) is 13.3. The molecular weight excluding hydrogens is 314 g/mol. The molecule has 0 bridgehead atoms. The molecule has 6 nitrogen and oxygen atoms in total. The maximum atomic E-state index is 12.1. The summed E-state index contributed by atoms with van der Waals surface area (Å²) in [6.07, 6.45) is 0. The SMILES string of the molecule is C[C@@H]([NH2+][C@H](C)c1ccccc1)C(=O)NCCN1C(=O)CSC1=O. The Labute approximate surface area is 140 Å². The number of nitrogens with zero attached hydrogens (tertiary/aromatic N) is 1. The number of hydrogen-bond donors (Lipinski definition) is 2. The molecule has 3 amide bonds. The van der Waals surface area contributed by atoms with Gasteiger partial charge in [0.2, 0.25) is 5.91 Å². The number of amides is 3. The summed E-state index contributed by atoms with van der Waals surface area (Å²) in [4.78, 5) is 36.2. The molecule has 0 unspecified atom stereocenters. The number of imide groups is 1. The largest absolute Gasteiger partial charge is 0.349 e. The van der Waals surface area contributed by atoms with Crippen LogP contribution in [0.2, 0.25) is 0 Å². The smallest absolute Gasteiger partial charge is 0.288 e. The van der Waals surface area contributed by atoms with Crippen molar-refractivity contribution < 1.29 is 19.7 Å². The van der Waals surface area contributed by atoms with E-state index in [0.717, 1.165) is 17.3 Å². The summed E-state index contributed by atoms with van der Waals surface area (Å²) >= 11 is 1.00. The van der Waals surface area contributed by atoms with Crippen LogP contribution >= 0.6 is 11.8 Å². The van der Waals surface area contributed by atoms with Gasteiger partial charge in [-0.15, -0.1) is 0 Å². The van der Waals surface area contributed by atoms with Gasteiger partial charge in [0.1, 0.15) is 6.04 Å². The van der Waals surface area contributed by atoms with Crippen LogP contribution in [0.4, 0.5) is 4.79 Å². The fraction of sp³-hybridized carbons (Fsp3) is 0.438. The van der Waals surface area contributed by atoms with Gasteiger partial charge in [-0.3, -0.25) is 19.3 Å². The maximum absolute atomic E-state index is 12.1. The molecule has 0 aliphatic carbocycles. The molecule has 1 heterocycles. The van der Waals surface area contributed by atoms with Gasteiger partial charge in [0.05, 0.1) is 5.75 Å². The van der Waals surface area contributed by atoms with Crippen molar-refractivity contribution in [2.24, 2.45) is 0 Å². The molecule has 23 heavy (non-hydrogen) atoms. The van der Waals surface area contributed by atoms with Gasteiger partial charge in [-0.05, 0) is 13.8 Å². The van der Waals surface area contributed by atoms with Crippen LogP contribution in [0.1, 0.15) is 25.5 Å². The van der Waals surface area contributed by atoms with E-state index >= 15 is 0 Å². The molecule has 0 radical (unpaired) electrons. The molecule has 0 saturated carbocycles. The Morgan fingerprint density at radius 1 is 1.30 bits per heavy atom. The first-order chi connectivity index (χ1) is 11.0. The molecule has 124 valence electrons. The Morgan fingerprint density at radius 2 is 2.00 bits per heavy atom. The van der Waals surface area contributed by atoms with Gasteiger partial charge >= 0.3 is 0 Å². The average Bonchev–Trinajstić information content (AvgIpc) is 2.87. The van der Waals surface area contributed by atoms with E-state index in [0.29, 0.717) is 0 Å². The van der Waals surface area contributed by atoms with Crippen molar-refractivity contribution in [3.05, 3.63) is 35.9 Å². The number of nitrogens with two attached hydrogens (primary N) is 1. The van der Waals surface area contributed by atoms with Crippen molar-refractivity contribution in [1.82, 2.24) is 10.2 Å². The van der Waals surface area contributed by atoms with Crippen LogP contribution in [0.5, 0.6) is 0 Å². The summed E-state index contributed by atoms with van der Waals surface area (Å²) in [6.45, 7) is 4.42. The molecule has 7 heteroatoms. The van der Waals surface area contributed by atoms with E-state index in [1.165, 1.54) is 4.90 Å². The van der Waals surface area contributed by atoms with E-state index in [1.54, 1.807) is 0 Å². The van der Waals surface area contributed by atoms with Gasteiger partial charge in [0, 0.05) is 18.7 Å². The third kappa shape index (κ3) is 4.80. The molecule has 0 spiro atoms. The Balaban J connectivity index is 1.74. The van der Waals surface area contributed by atoms with Crippen LogP contribution in [-0.2, 0) is 9.59 Å². The molecule has 0 aromatic heterocycles. The van der Waals surface area contributed by atoms with Crippen LogP contribution < -0.4 is 10.6 Å². The molecule has 1 aromatic rings. The summed E-state index contributed by atoms with van der Waals surface area (Å²) in [5.74, 6) is -0.0861. The lowest BCUT2D eigenvalue weighted by Gasteiger charge is -2.18. The highest BCUT2D eigenvalue weighted by molar-refractivity contribution is 8.14. The van der Waals surface area contributed by atoms with Gasteiger partial charge < -0.3 is 10.6 Å². The minimum Gasteiger partial charge on any atom is -0.349 e. The Morgan fingerprint density at radius 3 is 2.61 bits per heavy atom. The quantitative estimate of drug-likeness (QED) is 0.760. The molecule has 1 aromatic carbocycles. The van der Waals surface area contributed by atoms with Gasteiger partial charge in [-0.1, -0.05) is 42.1 Å². The fourth-order valence-corrected chi connectivity index (χ4v) is 3.19. The van der Waals surface area contributed by atoms with Crippen LogP contribution in [-0.4, -0.2) is 46.8 Å². The molecule has 2 rings (SSSR count). The van der Waals surface area contributed by atoms with Crippen LogP contribution in [0.3, 0.4) is 0 Å². The van der Waals surface area contributed by atoms with Gasteiger partial charge in [0.15, 0.2) is 6.04 Å². The topological polar surface area (TPSA) is 83.1 Å². The number of carbonyl (C=O) groups is 3. The first-order valence-corrected chi connectivity index (χ1v) is 8.62. The number of rotatable bonds is 7. The van der Waals surface area contributed by atoms with Crippen molar-refractivity contribution in [1.29, 1.82) is 0 Å². The molecule has 1 aliphatic heterocycles. The molecule has 1 fully saturated rings. The standard InChI is InChI=1S/C16H21N3O3S/c1-11(13-6-4-3-5-7-13)18-12(2)15(21)17-8-9-19-14(20)10-23-16(19)22/h3-7,11-12,18H,8-10H2,1-2H3,(H,17,21)/p+1/t11-,12-/m1/s1. The second kappa shape index (κ2) is 8.12. The van der Waals surface area contributed by atoms with Crippen LogP contribution in [0.15, 0.2) is 30.3 Å². The first-order valence-electron chi connectivity index (χ1n) is 7.64. The maximum Gasteiger partial charge on any atom is 0.288 e. The highest BCUT2D eigenvalue weighted by Crippen LogP contribution is 2.17. The third-order valence-corrected chi connectivity index (χ3v) is 4.65. The highest BCUT2D eigenvalue weighted by atomic mass is 32.2. The minimum absolute atomic E-state index is 0.0977. The summed E-state index contributed by atoms with van der Waals surface area (Å²) < 4.78 is 0. The Kier molecular flexibility index (Phi) is 6.18. The average molecular weight is 336 g/mol. The van der Waals surface area contributed by atoms with E-state index in [1.807, 2.05) is 42.6 Å². The lowest BCUT2D eigenvalue weighted by molar-refractivity contribution is -0.710. The third-order valence-electron chi connectivity index (χ3n) is 3.79. The van der Waals surface area contributed by atoms with Crippen molar-refractivity contribution in [3.63, 3.8) is 0 Å². The van der Waals surface area contributed by atoms with Crippen molar-refractivity contribution in [3.8, 4) is 0 Å². The number of benzene rings is 1. The summed E-state index contributed by atoms with van der Waals surface area (Å²) in [5, 5.41) is 4.54. The van der Waals surface area contributed by atoms with Crippen LogP contribution in [0, 0.1) is 0 Å². The van der Waals surface area contributed by atoms with Crippen molar-refractivity contribution >= 4 is 28.8 Å². The minimum atomic E-state index is -0.246. The summed E-state index contributed by atoms with van der Waals surface area (Å²) in [5.41, 5.74) is 1.16. The first kappa shape index (κ1) is 17.5. The van der Waals surface area contributed by atoms with E-state index < -0.39 is 0 Å². The number of hydrogen-bond acceptors (Lipinski definition) is 4. The Hall–Kier alpha value is -1.86. The second-order valence-electron chi connectivity index (χ2n) is 5.57. The number of carbonyl (C=O) groups excluding carboxylic acids is 3. The number of nitrogens with one attached hydrogen (secondary N) is 1. The van der Waals surface area contributed by atoms with E-state index in [2.05, 4.69) is 12.2 Å². The van der Waals surface area contributed by atoms with Crippen molar-refractivity contribution in [2.45, 2.75) is 25.9 Å². The Bertz CT molecular complexity index is 563. The zero-order valence-corrected chi connectivity index (χ0v) is 14.1. The molecule has 3 N–H and O–H groups in total. The fourth-order valence-electron chi connectivity index (χ4n) is 2.44. The number of quaternary nitrogens is 1. The predicted octanol–water partition coefficient (Wildman–Crippen LogP) is 0.511. The molecule has 1 saturated heterocycles.